The van der Waals surface area contributed by atoms with E-state index in [0.717, 1.165) is 6.42 Å². The Balaban J connectivity index is 3.04. The first-order valence-electron chi connectivity index (χ1n) is 7.38. The zero-order chi connectivity index (χ0) is 15.3. The molecule has 0 heterocycles. The molecular formula is C16H26F2N2. The van der Waals surface area contributed by atoms with E-state index < -0.39 is 11.6 Å². The molecule has 0 saturated carbocycles. The highest BCUT2D eigenvalue weighted by molar-refractivity contribution is 5.51. The fourth-order valence-electron chi connectivity index (χ4n) is 2.23. The summed E-state index contributed by atoms with van der Waals surface area (Å²) in [4.78, 5) is 1.78. The first kappa shape index (κ1) is 16.9. The standard InChI is InChI=1S/C16H26F2N2/c1-6-12(5)20(7-2)16-14(17)8-13(9-15(16)18)10-19-11(3)4/h8-9,11-12,19H,6-7,10H2,1-5H3. The highest BCUT2D eigenvalue weighted by atomic mass is 19.1. The zero-order valence-electron chi connectivity index (χ0n) is 13.1. The highest BCUT2D eigenvalue weighted by Gasteiger charge is 2.20. The topological polar surface area (TPSA) is 15.3 Å². The van der Waals surface area contributed by atoms with E-state index in [-0.39, 0.29) is 17.8 Å². The van der Waals surface area contributed by atoms with Crippen molar-refractivity contribution in [2.45, 2.75) is 59.7 Å². The number of hydrogen-bond donors (Lipinski definition) is 1. The van der Waals surface area contributed by atoms with Crippen molar-refractivity contribution in [3.63, 3.8) is 0 Å². The summed E-state index contributed by atoms with van der Waals surface area (Å²) >= 11 is 0. The molecule has 1 rings (SSSR count). The number of benzene rings is 1. The van der Waals surface area contributed by atoms with Gasteiger partial charge in [0.1, 0.15) is 17.3 Å². The van der Waals surface area contributed by atoms with Gasteiger partial charge in [-0.05, 0) is 38.0 Å². The monoisotopic (exact) mass is 284 g/mol. The van der Waals surface area contributed by atoms with Crippen LogP contribution in [0.25, 0.3) is 0 Å². The van der Waals surface area contributed by atoms with Crippen molar-refractivity contribution < 1.29 is 8.78 Å². The van der Waals surface area contributed by atoms with Crippen LogP contribution in [-0.4, -0.2) is 18.6 Å². The van der Waals surface area contributed by atoms with E-state index in [1.807, 2.05) is 34.6 Å². The maximum atomic E-state index is 14.3. The molecule has 0 amide bonds. The lowest BCUT2D eigenvalue weighted by atomic mass is 10.1. The lowest BCUT2D eigenvalue weighted by molar-refractivity contribution is 0.536. The second-order valence-electron chi connectivity index (χ2n) is 5.49. The molecule has 20 heavy (non-hydrogen) atoms. The smallest absolute Gasteiger partial charge is 0.149 e. The molecule has 0 fully saturated rings. The van der Waals surface area contributed by atoms with Gasteiger partial charge in [-0.2, -0.15) is 0 Å². The Morgan fingerprint density at radius 1 is 1.10 bits per heavy atom. The van der Waals surface area contributed by atoms with Crippen LogP contribution in [-0.2, 0) is 6.54 Å². The number of rotatable bonds is 7. The first-order valence-corrected chi connectivity index (χ1v) is 7.38. The van der Waals surface area contributed by atoms with Crippen LogP contribution in [0.3, 0.4) is 0 Å². The number of halogens is 2. The Bertz CT molecular complexity index is 409. The molecule has 0 spiro atoms. The zero-order valence-corrected chi connectivity index (χ0v) is 13.1. The fourth-order valence-corrected chi connectivity index (χ4v) is 2.23. The Hall–Kier alpha value is -1.16. The minimum Gasteiger partial charge on any atom is -0.364 e. The number of nitrogens with one attached hydrogen (secondary N) is 1. The second kappa shape index (κ2) is 7.58. The quantitative estimate of drug-likeness (QED) is 0.811. The van der Waals surface area contributed by atoms with Crippen LogP contribution in [0.4, 0.5) is 14.5 Å². The van der Waals surface area contributed by atoms with Crippen LogP contribution in [0.2, 0.25) is 0 Å². The SMILES string of the molecule is CCC(C)N(CC)c1c(F)cc(CNC(C)C)cc1F. The minimum absolute atomic E-state index is 0.0927. The van der Waals surface area contributed by atoms with Crippen molar-refractivity contribution in [3.8, 4) is 0 Å². The maximum absolute atomic E-state index is 14.3. The van der Waals surface area contributed by atoms with Gasteiger partial charge in [-0.15, -0.1) is 0 Å². The largest absolute Gasteiger partial charge is 0.364 e. The molecule has 2 nitrogen and oxygen atoms in total. The summed E-state index contributed by atoms with van der Waals surface area (Å²) in [6.45, 7) is 11.0. The van der Waals surface area contributed by atoms with Gasteiger partial charge < -0.3 is 10.2 Å². The predicted molar refractivity (Wildman–Crippen MR) is 81.1 cm³/mol. The molecule has 0 bridgehead atoms. The Labute approximate surface area is 121 Å². The molecule has 1 N–H and O–H groups in total. The fraction of sp³-hybridized carbons (Fsp3) is 0.625. The summed E-state index contributed by atoms with van der Waals surface area (Å²) in [5.41, 5.74) is 0.729. The molecule has 0 radical (unpaired) electrons. The Morgan fingerprint density at radius 2 is 1.65 bits per heavy atom. The van der Waals surface area contributed by atoms with E-state index in [1.54, 1.807) is 4.90 Å². The molecular weight excluding hydrogens is 258 g/mol. The van der Waals surface area contributed by atoms with E-state index in [0.29, 0.717) is 18.7 Å². The second-order valence-corrected chi connectivity index (χ2v) is 5.49. The highest BCUT2D eigenvalue weighted by Crippen LogP contribution is 2.27. The summed E-state index contributed by atoms with van der Waals surface area (Å²) in [6, 6.07) is 3.26. The maximum Gasteiger partial charge on any atom is 0.149 e. The van der Waals surface area contributed by atoms with Crippen LogP contribution in [0, 0.1) is 11.6 Å². The van der Waals surface area contributed by atoms with Crippen LogP contribution >= 0.6 is 0 Å². The first-order chi connectivity index (χ1) is 9.40. The van der Waals surface area contributed by atoms with Gasteiger partial charge in [0.25, 0.3) is 0 Å². The summed E-state index contributed by atoms with van der Waals surface area (Å²) in [7, 11) is 0. The van der Waals surface area contributed by atoms with Crippen LogP contribution in [0.15, 0.2) is 12.1 Å². The van der Waals surface area contributed by atoms with Crippen molar-refractivity contribution in [1.82, 2.24) is 5.32 Å². The van der Waals surface area contributed by atoms with E-state index in [9.17, 15) is 8.78 Å². The Morgan fingerprint density at radius 3 is 2.05 bits per heavy atom. The van der Waals surface area contributed by atoms with Gasteiger partial charge in [0.2, 0.25) is 0 Å². The average Bonchev–Trinajstić information content (AvgIpc) is 2.39. The molecule has 4 heteroatoms. The van der Waals surface area contributed by atoms with Gasteiger partial charge in [-0.1, -0.05) is 20.8 Å². The van der Waals surface area contributed by atoms with Gasteiger partial charge in [-0.3, -0.25) is 0 Å². The lowest BCUT2D eigenvalue weighted by Gasteiger charge is -2.30. The average molecular weight is 284 g/mol. The van der Waals surface area contributed by atoms with Crippen molar-refractivity contribution in [3.05, 3.63) is 29.3 Å². The van der Waals surface area contributed by atoms with E-state index in [2.05, 4.69) is 5.32 Å². The molecule has 1 aromatic rings. The molecule has 1 aromatic carbocycles. The van der Waals surface area contributed by atoms with Crippen molar-refractivity contribution >= 4 is 5.69 Å². The van der Waals surface area contributed by atoms with Crippen molar-refractivity contribution in [2.75, 3.05) is 11.4 Å². The minimum atomic E-state index is -0.479. The molecule has 1 atom stereocenters. The number of nitrogens with zero attached hydrogens (tertiary/aromatic N) is 1. The normalized spacial score (nSPS) is 12.8. The van der Waals surface area contributed by atoms with E-state index >= 15 is 0 Å². The molecule has 0 aromatic heterocycles. The van der Waals surface area contributed by atoms with Gasteiger partial charge in [-0.25, -0.2) is 8.78 Å². The van der Waals surface area contributed by atoms with Crippen LogP contribution in [0.5, 0.6) is 0 Å². The predicted octanol–water partition coefficient (Wildman–Crippen LogP) is 4.09. The van der Waals surface area contributed by atoms with Crippen molar-refractivity contribution in [1.29, 1.82) is 0 Å². The number of anilines is 1. The van der Waals surface area contributed by atoms with Crippen LogP contribution in [0.1, 0.15) is 46.6 Å². The summed E-state index contributed by atoms with van der Waals surface area (Å²) < 4.78 is 28.5. The van der Waals surface area contributed by atoms with E-state index in [1.165, 1.54) is 12.1 Å². The molecule has 114 valence electrons. The van der Waals surface area contributed by atoms with Gasteiger partial charge in [0.05, 0.1) is 0 Å². The molecule has 0 saturated heterocycles. The third-order valence-electron chi connectivity index (χ3n) is 3.54. The third-order valence-corrected chi connectivity index (χ3v) is 3.54. The molecule has 1 unspecified atom stereocenters. The molecule has 0 aliphatic heterocycles. The Kier molecular flexibility index (Phi) is 6.40. The third kappa shape index (κ3) is 4.17. The van der Waals surface area contributed by atoms with Crippen molar-refractivity contribution in [2.24, 2.45) is 0 Å². The summed E-state index contributed by atoms with van der Waals surface area (Å²) in [5, 5.41) is 3.17. The van der Waals surface area contributed by atoms with Gasteiger partial charge >= 0.3 is 0 Å². The summed E-state index contributed by atoms with van der Waals surface area (Å²) in [5.74, 6) is -0.958. The van der Waals surface area contributed by atoms with Gasteiger partial charge in [0.15, 0.2) is 0 Å². The lowest BCUT2D eigenvalue weighted by Crippen LogP contribution is -2.34. The van der Waals surface area contributed by atoms with E-state index in [4.69, 9.17) is 0 Å². The van der Waals surface area contributed by atoms with Crippen LogP contribution < -0.4 is 10.2 Å². The molecule has 0 aliphatic carbocycles. The number of hydrogen-bond acceptors (Lipinski definition) is 2. The molecule has 0 aliphatic rings. The summed E-state index contributed by atoms with van der Waals surface area (Å²) in [6.07, 6.45) is 0.851. The van der Waals surface area contributed by atoms with Gasteiger partial charge in [0, 0.05) is 25.2 Å².